The number of hydrogen-bond donors (Lipinski definition) is 1. The van der Waals surface area contributed by atoms with E-state index in [1.54, 1.807) is 0 Å². The molecule has 92 valence electrons. The minimum absolute atomic E-state index is 0.123. The Hall–Kier alpha value is -1.23. The van der Waals surface area contributed by atoms with Crippen molar-refractivity contribution < 1.29 is 23.1 Å². The molecule has 0 atom stereocenters. The van der Waals surface area contributed by atoms with Crippen molar-refractivity contribution >= 4 is 17.6 Å². The smallest absolute Gasteiger partial charge is 0.314 e. The summed E-state index contributed by atoms with van der Waals surface area (Å²) in [6.07, 6.45) is 0.802. The molecule has 0 bridgehead atoms. The summed E-state index contributed by atoms with van der Waals surface area (Å²) < 4.78 is 40.3. The molecule has 0 aromatic heterocycles. The molecule has 0 saturated heterocycles. The second-order valence-corrected chi connectivity index (χ2v) is 4.46. The highest BCUT2D eigenvalue weighted by atomic mass is 35.5. The monoisotopic (exact) mass is 264 g/mol. The van der Waals surface area contributed by atoms with Gasteiger partial charge in [-0.05, 0) is 12.8 Å². The number of carboxylic acid groups (broad SMARTS) is 1. The van der Waals surface area contributed by atoms with E-state index >= 15 is 0 Å². The van der Waals surface area contributed by atoms with E-state index in [0.717, 1.165) is 0 Å². The first-order valence-corrected chi connectivity index (χ1v) is 5.35. The molecule has 0 unspecified atom stereocenters. The molecule has 1 fully saturated rings. The van der Waals surface area contributed by atoms with Crippen molar-refractivity contribution in [1.82, 2.24) is 0 Å². The van der Waals surface area contributed by atoms with Gasteiger partial charge in [-0.1, -0.05) is 18.0 Å². The first-order chi connectivity index (χ1) is 7.90. The van der Waals surface area contributed by atoms with Crippen molar-refractivity contribution in [2.75, 3.05) is 0 Å². The normalized spacial score (nSPS) is 17.6. The molecule has 6 heteroatoms. The van der Waals surface area contributed by atoms with Crippen LogP contribution in [0.3, 0.4) is 0 Å². The van der Waals surface area contributed by atoms with Crippen molar-refractivity contribution in [2.24, 2.45) is 0 Å². The average molecular weight is 265 g/mol. The molecule has 0 amide bonds. The molecule has 0 radical (unpaired) electrons. The lowest BCUT2D eigenvalue weighted by atomic mass is 9.64. The van der Waals surface area contributed by atoms with Gasteiger partial charge < -0.3 is 5.11 Å². The molecule has 0 heterocycles. The maximum atomic E-state index is 13.7. The lowest BCUT2D eigenvalue weighted by Crippen LogP contribution is -2.44. The molecule has 2 rings (SSSR count). The quantitative estimate of drug-likeness (QED) is 0.658. The van der Waals surface area contributed by atoms with Crippen LogP contribution in [0.2, 0.25) is 5.02 Å². The van der Waals surface area contributed by atoms with Crippen molar-refractivity contribution in [3.05, 3.63) is 34.1 Å². The minimum Gasteiger partial charge on any atom is -0.481 e. The largest absolute Gasteiger partial charge is 0.481 e. The van der Waals surface area contributed by atoms with Gasteiger partial charge in [0, 0.05) is 11.6 Å². The van der Waals surface area contributed by atoms with Crippen LogP contribution in [0.4, 0.5) is 13.2 Å². The number of carbonyl (C=O) groups is 1. The SMILES string of the molecule is O=C(O)C1(c2c(F)cc(F)c(Cl)c2F)CCC1. The average Bonchev–Trinajstić information content (AvgIpc) is 2.17. The lowest BCUT2D eigenvalue weighted by molar-refractivity contribution is -0.147. The first-order valence-electron chi connectivity index (χ1n) is 4.97. The van der Waals surface area contributed by atoms with Crippen molar-refractivity contribution in [3.63, 3.8) is 0 Å². The molecule has 2 nitrogen and oxygen atoms in total. The van der Waals surface area contributed by atoms with Gasteiger partial charge in [0.25, 0.3) is 0 Å². The Morgan fingerprint density at radius 1 is 1.29 bits per heavy atom. The molecule has 1 aromatic rings. The Bertz CT molecular complexity index is 498. The predicted molar refractivity (Wildman–Crippen MR) is 54.5 cm³/mol. The van der Waals surface area contributed by atoms with Crippen molar-refractivity contribution in [2.45, 2.75) is 24.7 Å². The Balaban J connectivity index is 2.67. The van der Waals surface area contributed by atoms with Gasteiger partial charge in [0.2, 0.25) is 0 Å². The number of benzene rings is 1. The van der Waals surface area contributed by atoms with Gasteiger partial charge in [-0.25, -0.2) is 13.2 Å². The molecular weight excluding hydrogens is 257 g/mol. The number of carboxylic acids is 1. The summed E-state index contributed by atoms with van der Waals surface area (Å²) in [6.45, 7) is 0. The fraction of sp³-hybridized carbons (Fsp3) is 0.364. The summed E-state index contributed by atoms with van der Waals surface area (Å²) >= 11 is 5.34. The van der Waals surface area contributed by atoms with Gasteiger partial charge in [0.05, 0.1) is 5.41 Å². The molecule has 1 aromatic carbocycles. The highest BCUT2D eigenvalue weighted by molar-refractivity contribution is 6.31. The first kappa shape index (κ1) is 12.2. The van der Waals surface area contributed by atoms with E-state index in [0.29, 0.717) is 12.5 Å². The van der Waals surface area contributed by atoms with E-state index in [4.69, 9.17) is 16.7 Å². The topological polar surface area (TPSA) is 37.3 Å². The second-order valence-electron chi connectivity index (χ2n) is 4.08. The van der Waals surface area contributed by atoms with E-state index in [9.17, 15) is 18.0 Å². The standard InChI is InChI=1S/C11H8ClF3O2/c12-8-6(14)4-5(13)7(9(8)15)11(10(16)17)2-1-3-11/h4H,1-3H2,(H,16,17). The molecule has 1 aliphatic carbocycles. The zero-order valence-electron chi connectivity index (χ0n) is 8.57. The van der Waals surface area contributed by atoms with E-state index in [2.05, 4.69) is 0 Å². The Morgan fingerprint density at radius 3 is 2.29 bits per heavy atom. The van der Waals surface area contributed by atoms with Gasteiger partial charge in [-0.2, -0.15) is 0 Å². The van der Waals surface area contributed by atoms with Crippen LogP contribution in [0.1, 0.15) is 24.8 Å². The van der Waals surface area contributed by atoms with Gasteiger partial charge >= 0.3 is 5.97 Å². The number of aliphatic carboxylic acids is 1. The summed E-state index contributed by atoms with van der Waals surface area (Å²) in [6, 6.07) is 0.420. The van der Waals surface area contributed by atoms with Crippen LogP contribution in [0.15, 0.2) is 6.07 Å². The highest BCUT2D eigenvalue weighted by Crippen LogP contribution is 2.47. The van der Waals surface area contributed by atoms with E-state index in [1.165, 1.54) is 0 Å². The molecule has 0 spiro atoms. The summed E-state index contributed by atoms with van der Waals surface area (Å²) in [5.41, 5.74) is -2.24. The summed E-state index contributed by atoms with van der Waals surface area (Å²) in [5, 5.41) is 8.21. The highest BCUT2D eigenvalue weighted by Gasteiger charge is 2.50. The summed E-state index contributed by atoms with van der Waals surface area (Å²) in [4.78, 5) is 11.1. The fourth-order valence-electron chi connectivity index (χ4n) is 2.11. The molecule has 1 aliphatic rings. The zero-order chi connectivity index (χ0) is 12.8. The van der Waals surface area contributed by atoms with Crippen LogP contribution in [0, 0.1) is 17.5 Å². The van der Waals surface area contributed by atoms with Crippen LogP contribution < -0.4 is 0 Å². The Morgan fingerprint density at radius 2 is 1.88 bits per heavy atom. The third-order valence-corrected chi connectivity index (χ3v) is 3.56. The third kappa shape index (κ3) is 1.60. The Labute approximate surface area is 100 Å². The van der Waals surface area contributed by atoms with E-state index in [-0.39, 0.29) is 12.8 Å². The van der Waals surface area contributed by atoms with Crippen LogP contribution in [-0.2, 0) is 10.2 Å². The fourth-order valence-corrected chi connectivity index (χ4v) is 2.26. The third-order valence-electron chi connectivity index (χ3n) is 3.21. The van der Waals surface area contributed by atoms with Crippen LogP contribution >= 0.6 is 11.6 Å². The maximum Gasteiger partial charge on any atom is 0.314 e. The second kappa shape index (κ2) is 3.91. The predicted octanol–water partition coefficient (Wildman–Crippen LogP) is 3.26. The van der Waals surface area contributed by atoms with Gasteiger partial charge in [0.1, 0.15) is 16.7 Å². The van der Waals surface area contributed by atoms with Crippen molar-refractivity contribution in [3.8, 4) is 0 Å². The molecule has 1 saturated carbocycles. The number of halogens is 4. The van der Waals surface area contributed by atoms with Crippen LogP contribution in [0.25, 0.3) is 0 Å². The minimum atomic E-state index is -1.61. The maximum absolute atomic E-state index is 13.7. The van der Waals surface area contributed by atoms with Gasteiger partial charge in [-0.15, -0.1) is 0 Å². The molecule has 0 aliphatic heterocycles. The van der Waals surface area contributed by atoms with Gasteiger partial charge in [0.15, 0.2) is 5.82 Å². The molecule has 1 N–H and O–H groups in total. The van der Waals surface area contributed by atoms with Crippen LogP contribution in [0.5, 0.6) is 0 Å². The zero-order valence-corrected chi connectivity index (χ0v) is 9.32. The molecular formula is C11H8ClF3O2. The van der Waals surface area contributed by atoms with Gasteiger partial charge in [-0.3, -0.25) is 4.79 Å². The van der Waals surface area contributed by atoms with Crippen LogP contribution in [-0.4, -0.2) is 11.1 Å². The van der Waals surface area contributed by atoms with Crippen molar-refractivity contribution in [1.29, 1.82) is 0 Å². The van der Waals surface area contributed by atoms with E-state index < -0.39 is 39.4 Å². The number of hydrogen-bond acceptors (Lipinski definition) is 1. The lowest BCUT2D eigenvalue weighted by Gasteiger charge is -2.38. The van der Waals surface area contributed by atoms with E-state index in [1.807, 2.05) is 0 Å². The summed E-state index contributed by atoms with van der Waals surface area (Å²) in [5.74, 6) is -5.06. The molecule has 17 heavy (non-hydrogen) atoms. The number of rotatable bonds is 2. The Kier molecular flexibility index (Phi) is 2.81. The summed E-state index contributed by atoms with van der Waals surface area (Å²) in [7, 11) is 0.